The van der Waals surface area contributed by atoms with Gasteiger partial charge in [0.2, 0.25) is 10.0 Å². The van der Waals surface area contributed by atoms with Crippen LogP contribution in [0.3, 0.4) is 0 Å². The predicted molar refractivity (Wildman–Crippen MR) is 143 cm³/mol. The molecule has 0 saturated carbocycles. The van der Waals surface area contributed by atoms with Crippen molar-refractivity contribution in [2.75, 3.05) is 25.2 Å². The highest BCUT2D eigenvalue weighted by atomic mass is 35.5. The van der Waals surface area contributed by atoms with E-state index in [0.717, 1.165) is 6.26 Å². The molecular formula is C25H24Cl2N2O7S. The number of rotatable bonds is 10. The van der Waals surface area contributed by atoms with Crippen molar-refractivity contribution in [3.63, 3.8) is 0 Å². The molecule has 0 radical (unpaired) electrons. The number of halogens is 2. The normalized spacial score (nSPS) is 11.9. The molecule has 9 nitrogen and oxygen atoms in total. The Bertz CT molecular complexity index is 1380. The van der Waals surface area contributed by atoms with E-state index in [1.54, 1.807) is 30.3 Å². The Hall–Kier alpha value is -3.47. The SMILES string of the molecule is COc1cc(NS(C)(=O)=O)cc(OC)c1-c1ccc(C[C@H](NC(=O)c2c(Cl)cccc2Cl)C(=O)O)cc1. The summed E-state index contributed by atoms with van der Waals surface area (Å²) in [6, 6.07) is 13.3. The zero-order valence-corrected chi connectivity index (χ0v) is 22.4. The van der Waals surface area contributed by atoms with E-state index < -0.39 is 27.9 Å². The van der Waals surface area contributed by atoms with Gasteiger partial charge < -0.3 is 19.9 Å². The predicted octanol–water partition coefficient (Wildman–Crippen LogP) is 4.47. The Morgan fingerprint density at radius 2 is 1.51 bits per heavy atom. The number of carbonyl (C=O) groups is 2. The number of ether oxygens (including phenoxy) is 2. The molecule has 0 aliphatic rings. The van der Waals surface area contributed by atoms with Gasteiger partial charge in [-0.25, -0.2) is 13.2 Å². The zero-order valence-electron chi connectivity index (χ0n) is 20.0. The van der Waals surface area contributed by atoms with E-state index in [2.05, 4.69) is 10.0 Å². The number of amides is 1. The van der Waals surface area contributed by atoms with Crippen LogP contribution in [0.4, 0.5) is 5.69 Å². The average Bonchev–Trinajstić information content (AvgIpc) is 2.82. The van der Waals surface area contributed by atoms with Crippen LogP contribution >= 0.6 is 23.2 Å². The first-order valence-corrected chi connectivity index (χ1v) is 13.4. The van der Waals surface area contributed by atoms with E-state index in [1.807, 2.05) is 0 Å². The summed E-state index contributed by atoms with van der Waals surface area (Å²) in [5, 5.41) is 12.4. The van der Waals surface area contributed by atoms with Crippen LogP contribution in [0, 0.1) is 0 Å². The number of nitrogens with one attached hydrogen (secondary N) is 2. The number of hydrogen-bond acceptors (Lipinski definition) is 6. The van der Waals surface area contributed by atoms with E-state index in [1.165, 1.54) is 38.5 Å². The second kappa shape index (κ2) is 11.7. The van der Waals surface area contributed by atoms with Crippen molar-refractivity contribution in [3.8, 4) is 22.6 Å². The third-order valence-electron chi connectivity index (χ3n) is 5.28. The second-order valence-corrected chi connectivity index (χ2v) is 10.6. The maximum Gasteiger partial charge on any atom is 0.326 e. The number of aliphatic carboxylic acids is 1. The lowest BCUT2D eigenvalue weighted by atomic mass is 9.98. The van der Waals surface area contributed by atoms with E-state index >= 15 is 0 Å². The molecule has 0 saturated heterocycles. The van der Waals surface area contributed by atoms with Crippen LogP contribution in [0.25, 0.3) is 11.1 Å². The molecule has 3 rings (SSSR count). The Labute approximate surface area is 224 Å². The fourth-order valence-electron chi connectivity index (χ4n) is 3.66. The molecular weight excluding hydrogens is 543 g/mol. The molecule has 37 heavy (non-hydrogen) atoms. The lowest BCUT2D eigenvalue weighted by molar-refractivity contribution is -0.139. The van der Waals surface area contributed by atoms with Gasteiger partial charge >= 0.3 is 5.97 Å². The summed E-state index contributed by atoms with van der Waals surface area (Å²) in [5.74, 6) is -1.19. The number of carbonyl (C=O) groups excluding carboxylic acids is 1. The molecule has 0 spiro atoms. The number of hydrogen-bond donors (Lipinski definition) is 3. The molecule has 3 aromatic carbocycles. The first kappa shape index (κ1) is 28.1. The summed E-state index contributed by atoms with van der Waals surface area (Å²) in [6.07, 6.45) is 1.03. The van der Waals surface area contributed by atoms with Crippen LogP contribution in [-0.2, 0) is 21.2 Å². The molecule has 0 bridgehead atoms. The van der Waals surface area contributed by atoms with Crippen molar-refractivity contribution in [2.45, 2.75) is 12.5 Å². The summed E-state index contributed by atoms with van der Waals surface area (Å²) in [7, 11) is -0.621. The summed E-state index contributed by atoms with van der Waals surface area (Å²) in [5.41, 5.74) is 2.17. The maximum atomic E-state index is 12.7. The average molecular weight is 567 g/mol. The lowest BCUT2D eigenvalue weighted by Crippen LogP contribution is -2.42. The van der Waals surface area contributed by atoms with Crippen LogP contribution in [0.2, 0.25) is 10.0 Å². The molecule has 0 heterocycles. The summed E-state index contributed by atoms with van der Waals surface area (Å²) >= 11 is 12.1. The molecule has 3 aromatic rings. The fraction of sp³-hybridized carbons (Fsp3) is 0.200. The molecule has 1 amide bonds. The van der Waals surface area contributed by atoms with Crippen molar-refractivity contribution in [2.24, 2.45) is 0 Å². The Morgan fingerprint density at radius 1 is 0.973 bits per heavy atom. The van der Waals surface area contributed by atoms with Crippen molar-refractivity contribution < 1.29 is 32.6 Å². The van der Waals surface area contributed by atoms with Gasteiger partial charge in [-0.15, -0.1) is 0 Å². The molecule has 12 heteroatoms. The highest BCUT2D eigenvalue weighted by molar-refractivity contribution is 7.92. The molecule has 0 fully saturated rings. The number of anilines is 1. The highest BCUT2D eigenvalue weighted by Crippen LogP contribution is 2.41. The molecule has 0 aromatic heterocycles. The largest absolute Gasteiger partial charge is 0.496 e. The number of carboxylic acid groups (broad SMARTS) is 1. The van der Waals surface area contributed by atoms with Crippen LogP contribution < -0.4 is 19.5 Å². The molecule has 1 atom stereocenters. The van der Waals surface area contributed by atoms with Gasteiger partial charge in [0.15, 0.2) is 0 Å². The Morgan fingerprint density at radius 3 is 1.97 bits per heavy atom. The number of sulfonamides is 1. The number of carboxylic acids is 1. The van der Waals surface area contributed by atoms with Crippen molar-refractivity contribution in [1.29, 1.82) is 0 Å². The fourth-order valence-corrected chi connectivity index (χ4v) is 4.77. The van der Waals surface area contributed by atoms with Gasteiger partial charge in [-0.1, -0.05) is 53.5 Å². The lowest BCUT2D eigenvalue weighted by Gasteiger charge is -2.18. The van der Waals surface area contributed by atoms with E-state index in [0.29, 0.717) is 28.2 Å². The van der Waals surface area contributed by atoms with E-state index in [4.69, 9.17) is 32.7 Å². The maximum absolute atomic E-state index is 12.7. The minimum Gasteiger partial charge on any atom is -0.496 e. The van der Waals surface area contributed by atoms with Crippen molar-refractivity contribution in [3.05, 3.63) is 75.8 Å². The molecule has 3 N–H and O–H groups in total. The highest BCUT2D eigenvalue weighted by Gasteiger charge is 2.24. The second-order valence-electron chi connectivity index (χ2n) is 7.99. The van der Waals surface area contributed by atoms with Gasteiger partial charge in [0.05, 0.1) is 47.3 Å². The van der Waals surface area contributed by atoms with Gasteiger partial charge in [0.25, 0.3) is 5.91 Å². The van der Waals surface area contributed by atoms with Crippen LogP contribution in [0.5, 0.6) is 11.5 Å². The smallest absolute Gasteiger partial charge is 0.326 e. The summed E-state index contributed by atoms with van der Waals surface area (Å²) in [4.78, 5) is 24.5. The summed E-state index contributed by atoms with van der Waals surface area (Å²) < 4.78 is 36.6. The van der Waals surface area contributed by atoms with Gasteiger partial charge in [0.1, 0.15) is 17.5 Å². The Balaban J connectivity index is 1.86. The van der Waals surface area contributed by atoms with E-state index in [-0.39, 0.29) is 27.7 Å². The van der Waals surface area contributed by atoms with Crippen LogP contribution in [0.15, 0.2) is 54.6 Å². The molecule has 0 aliphatic carbocycles. The minimum absolute atomic E-state index is 0.000399. The van der Waals surface area contributed by atoms with Gasteiger partial charge in [0, 0.05) is 18.6 Å². The third-order valence-corrected chi connectivity index (χ3v) is 6.52. The van der Waals surface area contributed by atoms with Gasteiger partial charge in [-0.3, -0.25) is 9.52 Å². The third kappa shape index (κ3) is 7.06. The minimum atomic E-state index is -3.51. The Kier molecular flexibility index (Phi) is 8.90. The monoisotopic (exact) mass is 566 g/mol. The quantitative estimate of drug-likeness (QED) is 0.329. The number of benzene rings is 3. The first-order valence-electron chi connectivity index (χ1n) is 10.7. The topological polar surface area (TPSA) is 131 Å². The first-order chi connectivity index (χ1) is 17.4. The van der Waals surface area contributed by atoms with Crippen molar-refractivity contribution >= 4 is 50.8 Å². The summed E-state index contributed by atoms with van der Waals surface area (Å²) in [6.45, 7) is 0. The standard InChI is InChI=1S/C25H24Cl2N2O7S/c1-35-20-12-16(29-37(3,33)34)13-21(36-2)22(20)15-9-7-14(8-10-15)11-19(25(31)32)28-24(30)23-17(26)5-4-6-18(23)27/h4-10,12-13,19,29H,11H2,1-3H3,(H,28,30)(H,31,32)/t19-/m0/s1. The van der Waals surface area contributed by atoms with Crippen molar-refractivity contribution in [1.82, 2.24) is 5.32 Å². The van der Waals surface area contributed by atoms with E-state index in [9.17, 15) is 23.1 Å². The molecule has 0 aliphatic heterocycles. The van der Waals surface area contributed by atoms with Gasteiger partial charge in [-0.2, -0.15) is 0 Å². The van der Waals surface area contributed by atoms with Crippen LogP contribution in [-0.4, -0.2) is 51.9 Å². The molecule has 0 unspecified atom stereocenters. The van der Waals surface area contributed by atoms with Gasteiger partial charge in [-0.05, 0) is 23.3 Å². The zero-order chi connectivity index (χ0) is 27.3. The molecule has 196 valence electrons. The van der Waals surface area contributed by atoms with Crippen LogP contribution in [0.1, 0.15) is 15.9 Å². The number of methoxy groups -OCH3 is 2.